The van der Waals surface area contributed by atoms with E-state index in [1.807, 2.05) is 0 Å². The molecule has 6 rings (SSSR count). The SMILES string of the molecule is c1ccc(-c2cc(-c3ccccc3)cc(-c3cccc4cc5ccccc5cc34)c2)cc1. The molecule has 0 aliphatic rings. The van der Waals surface area contributed by atoms with Crippen LogP contribution in [0, 0.1) is 0 Å². The highest BCUT2D eigenvalue weighted by atomic mass is 14.1. The van der Waals surface area contributed by atoms with E-state index < -0.39 is 0 Å². The Morgan fingerprint density at radius 3 is 1.41 bits per heavy atom. The molecule has 6 aromatic rings. The molecule has 0 radical (unpaired) electrons. The Morgan fingerprint density at radius 1 is 0.281 bits per heavy atom. The summed E-state index contributed by atoms with van der Waals surface area (Å²) in [4.78, 5) is 0. The molecule has 150 valence electrons. The van der Waals surface area contributed by atoms with E-state index in [1.165, 1.54) is 54.9 Å². The fourth-order valence-electron chi connectivity index (χ4n) is 4.60. The summed E-state index contributed by atoms with van der Waals surface area (Å²) in [6.07, 6.45) is 0. The van der Waals surface area contributed by atoms with Gasteiger partial charge in [0.2, 0.25) is 0 Å². The second kappa shape index (κ2) is 7.83. The van der Waals surface area contributed by atoms with Crippen molar-refractivity contribution in [2.24, 2.45) is 0 Å². The normalized spacial score (nSPS) is 11.1. The first kappa shape index (κ1) is 18.6. The molecule has 0 aromatic heterocycles. The summed E-state index contributed by atoms with van der Waals surface area (Å²) < 4.78 is 0. The molecule has 0 unspecified atom stereocenters. The molecule has 6 aromatic carbocycles. The molecule has 0 aliphatic carbocycles. The minimum atomic E-state index is 1.23. The van der Waals surface area contributed by atoms with Gasteiger partial charge in [-0.2, -0.15) is 0 Å². The van der Waals surface area contributed by atoms with Gasteiger partial charge in [0.25, 0.3) is 0 Å². The van der Waals surface area contributed by atoms with Crippen molar-refractivity contribution in [1.29, 1.82) is 0 Å². The zero-order valence-corrected chi connectivity index (χ0v) is 17.7. The van der Waals surface area contributed by atoms with Gasteiger partial charge in [0.15, 0.2) is 0 Å². The lowest BCUT2D eigenvalue weighted by atomic mass is 9.90. The lowest BCUT2D eigenvalue weighted by Gasteiger charge is -2.14. The Labute approximate surface area is 188 Å². The third-order valence-electron chi connectivity index (χ3n) is 6.20. The molecule has 32 heavy (non-hydrogen) atoms. The molecule has 0 nitrogen and oxygen atoms in total. The number of hydrogen-bond donors (Lipinski definition) is 0. The third-order valence-corrected chi connectivity index (χ3v) is 6.20. The van der Waals surface area contributed by atoms with E-state index in [-0.39, 0.29) is 0 Å². The average Bonchev–Trinajstić information content (AvgIpc) is 2.88. The molecule has 0 heteroatoms. The zero-order valence-electron chi connectivity index (χ0n) is 17.7. The van der Waals surface area contributed by atoms with Crippen molar-refractivity contribution >= 4 is 21.5 Å². The van der Waals surface area contributed by atoms with Gasteiger partial charge >= 0.3 is 0 Å². The highest BCUT2D eigenvalue weighted by Gasteiger charge is 2.10. The van der Waals surface area contributed by atoms with Crippen LogP contribution >= 0.6 is 0 Å². The zero-order chi connectivity index (χ0) is 21.3. The van der Waals surface area contributed by atoms with E-state index in [9.17, 15) is 0 Å². The maximum atomic E-state index is 2.33. The van der Waals surface area contributed by atoms with Crippen LogP contribution in [-0.4, -0.2) is 0 Å². The molecule has 0 bridgehead atoms. The van der Waals surface area contributed by atoms with E-state index >= 15 is 0 Å². The third kappa shape index (κ3) is 3.36. The molecular formula is C32H22. The molecule has 0 amide bonds. The van der Waals surface area contributed by atoms with E-state index in [4.69, 9.17) is 0 Å². The van der Waals surface area contributed by atoms with Crippen LogP contribution < -0.4 is 0 Å². The number of hydrogen-bond acceptors (Lipinski definition) is 0. The molecule has 0 heterocycles. The largest absolute Gasteiger partial charge is 0.0622 e. The standard InChI is InChI=1S/C32H22/c1-3-10-23(11-4-1)28-19-29(24-12-5-2-6-13-24)21-30(20-28)31-17-9-16-27-18-25-14-7-8-15-26(25)22-32(27)31/h1-22H. The first-order chi connectivity index (χ1) is 15.8. The van der Waals surface area contributed by atoms with Crippen molar-refractivity contribution in [3.05, 3.63) is 133 Å². The van der Waals surface area contributed by atoms with Crippen molar-refractivity contribution in [2.45, 2.75) is 0 Å². The van der Waals surface area contributed by atoms with Crippen LogP contribution in [0.3, 0.4) is 0 Å². The molecule has 0 fully saturated rings. The molecule has 0 saturated carbocycles. The van der Waals surface area contributed by atoms with Gasteiger partial charge in [-0.1, -0.05) is 103 Å². The van der Waals surface area contributed by atoms with Gasteiger partial charge in [-0.25, -0.2) is 0 Å². The Kier molecular flexibility index (Phi) is 4.55. The van der Waals surface area contributed by atoms with Crippen LogP contribution in [0.2, 0.25) is 0 Å². The van der Waals surface area contributed by atoms with Crippen LogP contribution in [-0.2, 0) is 0 Å². The van der Waals surface area contributed by atoms with E-state index in [1.54, 1.807) is 0 Å². The topological polar surface area (TPSA) is 0 Å². The Morgan fingerprint density at radius 2 is 0.781 bits per heavy atom. The Balaban J connectivity index is 1.63. The maximum Gasteiger partial charge on any atom is -0.00990 e. The lowest BCUT2D eigenvalue weighted by molar-refractivity contribution is 1.58. The van der Waals surface area contributed by atoms with Crippen molar-refractivity contribution in [2.75, 3.05) is 0 Å². The quantitative estimate of drug-likeness (QED) is 0.257. The fraction of sp³-hybridized carbons (Fsp3) is 0. The van der Waals surface area contributed by atoms with Crippen LogP contribution in [0.4, 0.5) is 0 Å². The number of benzene rings is 6. The number of fused-ring (bicyclic) bond motifs is 2. The highest BCUT2D eigenvalue weighted by Crippen LogP contribution is 2.37. The summed E-state index contributed by atoms with van der Waals surface area (Å²) >= 11 is 0. The van der Waals surface area contributed by atoms with Crippen LogP contribution in [0.5, 0.6) is 0 Å². The van der Waals surface area contributed by atoms with Gasteiger partial charge < -0.3 is 0 Å². The summed E-state index contributed by atoms with van der Waals surface area (Å²) in [6, 6.07) is 48.1. The Hall–Kier alpha value is -4.16. The first-order valence-corrected chi connectivity index (χ1v) is 11.0. The van der Waals surface area contributed by atoms with Crippen LogP contribution in [0.25, 0.3) is 54.9 Å². The van der Waals surface area contributed by atoms with E-state index in [0.717, 1.165) is 0 Å². The van der Waals surface area contributed by atoms with Crippen molar-refractivity contribution in [3.63, 3.8) is 0 Å². The van der Waals surface area contributed by atoms with Gasteiger partial charge in [-0.15, -0.1) is 0 Å². The molecule has 0 aliphatic heterocycles. The van der Waals surface area contributed by atoms with Crippen molar-refractivity contribution in [1.82, 2.24) is 0 Å². The van der Waals surface area contributed by atoms with Gasteiger partial charge in [0.05, 0.1) is 0 Å². The molecule has 0 N–H and O–H groups in total. The van der Waals surface area contributed by atoms with Crippen LogP contribution in [0.15, 0.2) is 133 Å². The van der Waals surface area contributed by atoms with Gasteiger partial charge in [0, 0.05) is 0 Å². The summed E-state index contributed by atoms with van der Waals surface area (Å²) in [7, 11) is 0. The predicted molar refractivity (Wildman–Crippen MR) is 138 cm³/mol. The minimum Gasteiger partial charge on any atom is -0.0622 e. The van der Waals surface area contributed by atoms with Crippen molar-refractivity contribution in [3.8, 4) is 33.4 Å². The summed E-state index contributed by atoms with van der Waals surface area (Å²) in [5.74, 6) is 0. The second-order valence-corrected chi connectivity index (χ2v) is 8.26. The van der Waals surface area contributed by atoms with Gasteiger partial charge in [0.1, 0.15) is 0 Å². The lowest BCUT2D eigenvalue weighted by Crippen LogP contribution is -1.87. The average molecular weight is 407 g/mol. The molecule has 0 atom stereocenters. The van der Waals surface area contributed by atoms with Gasteiger partial charge in [-0.3, -0.25) is 0 Å². The monoisotopic (exact) mass is 406 g/mol. The molecular weight excluding hydrogens is 384 g/mol. The molecule has 0 spiro atoms. The fourth-order valence-corrected chi connectivity index (χ4v) is 4.60. The van der Waals surface area contributed by atoms with E-state index in [2.05, 4.69) is 133 Å². The van der Waals surface area contributed by atoms with Crippen LogP contribution in [0.1, 0.15) is 0 Å². The summed E-state index contributed by atoms with van der Waals surface area (Å²) in [6.45, 7) is 0. The van der Waals surface area contributed by atoms with E-state index in [0.29, 0.717) is 0 Å². The van der Waals surface area contributed by atoms with Crippen molar-refractivity contribution < 1.29 is 0 Å². The predicted octanol–water partition coefficient (Wildman–Crippen LogP) is 8.99. The minimum absolute atomic E-state index is 1.23. The van der Waals surface area contributed by atoms with Gasteiger partial charge in [-0.05, 0) is 85.3 Å². The smallest absolute Gasteiger partial charge is 0.00990 e. The highest BCUT2D eigenvalue weighted by molar-refractivity contribution is 6.05. The second-order valence-electron chi connectivity index (χ2n) is 8.26. The summed E-state index contributed by atoms with van der Waals surface area (Å²) in [5.41, 5.74) is 7.45. The first-order valence-electron chi connectivity index (χ1n) is 11.0. The Bertz CT molecular complexity index is 1490. The maximum absolute atomic E-state index is 2.33. The molecule has 0 saturated heterocycles. The number of rotatable bonds is 3. The summed E-state index contributed by atoms with van der Waals surface area (Å²) in [5, 5.41) is 5.11.